The van der Waals surface area contributed by atoms with E-state index in [0.717, 1.165) is 0 Å². The van der Waals surface area contributed by atoms with Crippen molar-refractivity contribution in [2.45, 2.75) is 19.8 Å². The van der Waals surface area contributed by atoms with Crippen molar-refractivity contribution in [2.75, 3.05) is 6.61 Å². The summed E-state index contributed by atoms with van der Waals surface area (Å²) in [5, 5.41) is 18.1. The molecule has 8 heteroatoms. The van der Waals surface area contributed by atoms with Crippen LogP contribution in [0.4, 0.5) is 13.2 Å². The third-order valence-corrected chi connectivity index (χ3v) is 3.54. The Morgan fingerprint density at radius 2 is 1.85 bits per heavy atom. The maximum Gasteiger partial charge on any atom is 0.344 e. The van der Waals surface area contributed by atoms with Crippen molar-refractivity contribution in [3.05, 3.63) is 58.4 Å². The minimum atomic E-state index is -1.76. The van der Waals surface area contributed by atoms with Gasteiger partial charge in [0.15, 0.2) is 11.6 Å². The fourth-order valence-corrected chi connectivity index (χ4v) is 2.16. The number of halogens is 3. The first-order valence-corrected chi connectivity index (χ1v) is 7.90. The van der Waals surface area contributed by atoms with Gasteiger partial charge in [0.25, 0.3) is 0 Å². The van der Waals surface area contributed by atoms with Gasteiger partial charge in [-0.25, -0.2) is 13.6 Å². The Balaban J connectivity index is 2.41. The van der Waals surface area contributed by atoms with Crippen molar-refractivity contribution in [2.24, 2.45) is 0 Å². The maximum atomic E-state index is 14.3. The summed E-state index contributed by atoms with van der Waals surface area (Å²) >= 11 is 0. The fraction of sp³-hybridized carbons (Fsp3) is 0.211. The van der Waals surface area contributed by atoms with Crippen LogP contribution < -0.4 is 4.74 Å². The predicted molar refractivity (Wildman–Crippen MR) is 87.5 cm³/mol. The smallest absolute Gasteiger partial charge is 0.344 e. The van der Waals surface area contributed by atoms with Crippen LogP contribution in [0.1, 0.15) is 41.3 Å². The van der Waals surface area contributed by atoms with Crippen molar-refractivity contribution in [3.8, 4) is 23.6 Å². The molecular weight excluding hydrogens is 361 g/mol. The van der Waals surface area contributed by atoms with Crippen molar-refractivity contribution in [3.63, 3.8) is 0 Å². The molecule has 0 unspecified atom stereocenters. The summed E-state index contributed by atoms with van der Waals surface area (Å²) in [6.45, 7) is 1.78. The third-order valence-electron chi connectivity index (χ3n) is 3.54. The number of nitriles is 2. The molecule has 2 aromatic carbocycles. The molecule has 0 N–H and O–H groups in total. The van der Waals surface area contributed by atoms with Gasteiger partial charge in [0.1, 0.15) is 34.8 Å². The number of hydrogen-bond donors (Lipinski definition) is 0. The second kappa shape index (κ2) is 8.72. The second-order valence-electron chi connectivity index (χ2n) is 5.35. The molecule has 0 bridgehead atoms. The van der Waals surface area contributed by atoms with Gasteiger partial charge >= 0.3 is 5.97 Å². The number of hydrogen-bond acceptors (Lipinski definition) is 5. The highest BCUT2D eigenvalue weighted by Gasteiger charge is 2.27. The number of unbranched alkanes of at least 4 members (excludes halogenated alkanes) is 1. The van der Waals surface area contributed by atoms with Crippen LogP contribution in [0.2, 0.25) is 0 Å². The summed E-state index contributed by atoms with van der Waals surface area (Å²) in [6, 6.07) is 7.87. The van der Waals surface area contributed by atoms with E-state index < -0.39 is 34.7 Å². The zero-order chi connectivity index (χ0) is 20.0. The van der Waals surface area contributed by atoms with E-state index in [-0.39, 0.29) is 23.5 Å². The Morgan fingerprint density at radius 1 is 1.11 bits per heavy atom. The number of carbonyl (C=O) groups excluding carboxylic acids is 1. The van der Waals surface area contributed by atoms with Gasteiger partial charge in [0.05, 0.1) is 12.2 Å². The van der Waals surface area contributed by atoms with Gasteiger partial charge in [-0.05, 0) is 18.6 Å². The normalized spacial score (nSPS) is 10.0. The van der Waals surface area contributed by atoms with E-state index in [2.05, 4.69) is 0 Å². The van der Waals surface area contributed by atoms with Crippen LogP contribution in [0.3, 0.4) is 0 Å². The van der Waals surface area contributed by atoms with Crippen molar-refractivity contribution < 1.29 is 27.4 Å². The summed E-state index contributed by atoms with van der Waals surface area (Å²) in [5.41, 5.74) is -1.43. The van der Waals surface area contributed by atoms with Gasteiger partial charge in [-0.15, -0.1) is 0 Å². The lowest BCUT2D eigenvalue weighted by molar-refractivity contribution is 0.0487. The molecule has 0 saturated heterocycles. The van der Waals surface area contributed by atoms with Crippen LogP contribution in [0.5, 0.6) is 11.5 Å². The molecule has 27 heavy (non-hydrogen) atoms. The zero-order valence-corrected chi connectivity index (χ0v) is 14.2. The second-order valence-corrected chi connectivity index (χ2v) is 5.35. The number of benzene rings is 2. The summed E-state index contributed by atoms with van der Waals surface area (Å²) < 4.78 is 52.4. The van der Waals surface area contributed by atoms with Gasteiger partial charge in [-0.2, -0.15) is 14.9 Å². The lowest BCUT2D eigenvalue weighted by Gasteiger charge is -2.12. The fourth-order valence-electron chi connectivity index (χ4n) is 2.16. The Morgan fingerprint density at radius 3 is 2.48 bits per heavy atom. The molecule has 0 spiro atoms. The highest BCUT2D eigenvalue weighted by atomic mass is 19.2. The number of carbonyl (C=O) groups is 1. The molecule has 138 valence electrons. The minimum Gasteiger partial charge on any atom is -0.462 e. The average Bonchev–Trinajstić information content (AvgIpc) is 2.65. The number of nitrogens with zero attached hydrogens (tertiary/aromatic N) is 2. The molecule has 2 rings (SSSR count). The van der Waals surface area contributed by atoms with E-state index in [4.69, 9.17) is 20.0 Å². The first-order valence-electron chi connectivity index (χ1n) is 7.90. The quantitative estimate of drug-likeness (QED) is 0.419. The van der Waals surface area contributed by atoms with Gasteiger partial charge in [0, 0.05) is 6.07 Å². The Kier molecular flexibility index (Phi) is 6.40. The van der Waals surface area contributed by atoms with E-state index in [0.29, 0.717) is 18.9 Å². The molecule has 0 heterocycles. The number of ether oxygens (including phenoxy) is 2. The molecule has 2 aromatic rings. The van der Waals surface area contributed by atoms with E-state index in [1.807, 2.05) is 6.92 Å². The van der Waals surface area contributed by atoms with Crippen molar-refractivity contribution in [1.29, 1.82) is 10.5 Å². The standard InChI is InChI=1S/C19H13F3N2O3/c1-2-3-7-26-19(25)16-13(20)8-15(17(21)18(16)22)27-14-6-4-5-11(9-23)12(14)10-24/h4-6,8H,2-3,7H2,1H3. The molecule has 5 nitrogen and oxygen atoms in total. The molecule has 0 amide bonds. The van der Waals surface area contributed by atoms with E-state index in [1.54, 1.807) is 12.1 Å². The van der Waals surface area contributed by atoms with Gasteiger partial charge in [-0.1, -0.05) is 19.4 Å². The third kappa shape index (κ3) is 4.18. The van der Waals surface area contributed by atoms with Crippen LogP contribution in [-0.4, -0.2) is 12.6 Å². The molecule has 0 aromatic heterocycles. The highest BCUT2D eigenvalue weighted by molar-refractivity contribution is 5.90. The van der Waals surface area contributed by atoms with Crippen LogP contribution >= 0.6 is 0 Å². The molecule has 0 aliphatic carbocycles. The summed E-state index contributed by atoms with van der Waals surface area (Å²) in [7, 11) is 0. The number of rotatable bonds is 6. The maximum absolute atomic E-state index is 14.3. The molecule has 0 aliphatic rings. The molecule has 0 fully saturated rings. The zero-order valence-electron chi connectivity index (χ0n) is 14.2. The average molecular weight is 374 g/mol. The number of esters is 1. The van der Waals surface area contributed by atoms with Gasteiger partial charge < -0.3 is 9.47 Å². The topological polar surface area (TPSA) is 83.1 Å². The summed E-state index contributed by atoms with van der Waals surface area (Å²) in [5.74, 6) is -7.21. The molecule has 0 saturated carbocycles. The van der Waals surface area contributed by atoms with Crippen LogP contribution in [0.15, 0.2) is 24.3 Å². The van der Waals surface area contributed by atoms with Crippen molar-refractivity contribution in [1.82, 2.24) is 0 Å². The van der Waals surface area contributed by atoms with Crippen LogP contribution in [0, 0.1) is 40.1 Å². The van der Waals surface area contributed by atoms with Crippen molar-refractivity contribution >= 4 is 5.97 Å². The van der Waals surface area contributed by atoms with Gasteiger partial charge in [-0.3, -0.25) is 0 Å². The summed E-state index contributed by atoms with van der Waals surface area (Å²) in [4.78, 5) is 11.8. The lowest BCUT2D eigenvalue weighted by Crippen LogP contribution is -2.13. The Labute approximate surface area is 153 Å². The first-order chi connectivity index (χ1) is 12.9. The lowest BCUT2D eigenvalue weighted by atomic mass is 10.1. The van der Waals surface area contributed by atoms with E-state index in [1.165, 1.54) is 18.2 Å². The SMILES string of the molecule is CCCCOC(=O)c1c(F)cc(Oc2cccc(C#N)c2C#N)c(F)c1F. The predicted octanol–water partition coefficient (Wildman–Crippen LogP) is 4.60. The largest absolute Gasteiger partial charge is 0.462 e. The summed E-state index contributed by atoms with van der Waals surface area (Å²) in [6.07, 6.45) is 1.19. The highest BCUT2D eigenvalue weighted by Crippen LogP contribution is 2.32. The molecule has 0 atom stereocenters. The molecule has 0 radical (unpaired) electrons. The van der Waals surface area contributed by atoms with Crippen LogP contribution in [-0.2, 0) is 4.74 Å². The Bertz CT molecular complexity index is 962. The minimum absolute atomic E-state index is 0.0486. The monoisotopic (exact) mass is 374 g/mol. The van der Waals surface area contributed by atoms with Gasteiger partial charge in [0.2, 0.25) is 5.82 Å². The van der Waals surface area contributed by atoms with E-state index in [9.17, 15) is 18.0 Å². The first kappa shape index (κ1) is 19.8. The van der Waals surface area contributed by atoms with E-state index >= 15 is 0 Å². The molecule has 0 aliphatic heterocycles. The molecular formula is C19H13F3N2O3. The van der Waals surface area contributed by atoms with Crippen LogP contribution in [0.25, 0.3) is 0 Å². The Hall–Kier alpha value is -3.52.